The predicted molar refractivity (Wildman–Crippen MR) is 130 cm³/mol. The van der Waals surface area contributed by atoms with Crippen LogP contribution in [0.3, 0.4) is 0 Å². The van der Waals surface area contributed by atoms with E-state index in [1.807, 2.05) is 24.9 Å². The van der Waals surface area contributed by atoms with Gasteiger partial charge < -0.3 is 14.6 Å². The lowest BCUT2D eigenvalue weighted by Crippen LogP contribution is -2.51. The van der Waals surface area contributed by atoms with Gasteiger partial charge in [0.25, 0.3) is 0 Å². The predicted octanol–water partition coefficient (Wildman–Crippen LogP) is 3.57. The SMILES string of the molecule is CC(=O)OC1=NN(C(C)C)c2cc3cnc(Nc4ccc(S(=O)[O-])nc4)nc3n2C12CCCCC2. The maximum absolute atomic E-state index is 12.0. The first kappa shape index (κ1) is 23.4. The number of aromatic nitrogens is 4. The summed E-state index contributed by atoms with van der Waals surface area (Å²) in [4.78, 5) is 25.2. The lowest BCUT2D eigenvalue weighted by atomic mass is 9.80. The van der Waals surface area contributed by atoms with Crippen LogP contribution in [-0.4, -0.2) is 46.2 Å². The van der Waals surface area contributed by atoms with E-state index in [9.17, 15) is 13.6 Å². The van der Waals surface area contributed by atoms with E-state index in [1.165, 1.54) is 19.2 Å². The minimum Gasteiger partial charge on any atom is -0.767 e. The summed E-state index contributed by atoms with van der Waals surface area (Å²) in [7, 11) is 0. The average Bonchev–Trinajstić information content (AvgIpc) is 3.21. The molecule has 1 spiro atoms. The molecule has 3 aromatic rings. The number of carbonyl (C=O) groups is 1. The number of carbonyl (C=O) groups excluding carboxylic acids is 1. The van der Waals surface area contributed by atoms with Crippen molar-refractivity contribution < 1.29 is 18.3 Å². The summed E-state index contributed by atoms with van der Waals surface area (Å²) in [5.74, 6) is 1.23. The number of hydrogen-bond donors (Lipinski definition) is 1. The highest BCUT2D eigenvalue weighted by Gasteiger charge is 2.48. The molecule has 11 nitrogen and oxygen atoms in total. The van der Waals surface area contributed by atoms with Crippen molar-refractivity contribution in [2.75, 3.05) is 10.3 Å². The van der Waals surface area contributed by atoms with Crippen LogP contribution >= 0.6 is 0 Å². The van der Waals surface area contributed by atoms with E-state index in [2.05, 4.69) is 19.9 Å². The number of fused-ring (bicyclic) bond motifs is 4. The van der Waals surface area contributed by atoms with E-state index < -0.39 is 22.6 Å². The van der Waals surface area contributed by atoms with Gasteiger partial charge in [-0.15, -0.1) is 5.10 Å². The van der Waals surface area contributed by atoms with Crippen molar-refractivity contribution in [3.05, 3.63) is 30.6 Å². The zero-order valence-corrected chi connectivity index (χ0v) is 20.5. The topological polar surface area (TPSA) is 138 Å². The van der Waals surface area contributed by atoms with Crippen LogP contribution < -0.4 is 10.3 Å². The van der Waals surface area contributed by atoms with Crippen molar-refractivity contribution in [3.63, 3.8) is 0 Å². The number of hydrazone groups is 1. The van der Waals surface area contributed by atoms with Gasteiger partial charge in [-0.1, -0.05) is 19.3 Å². The second kappa shape index (κ2) is 9.00. The molecule has 0 saturated heterocycles. The van der Waals surface area contributed by atoms with E-state index in [1.54, 1.807) is 12.3 Å². The number of rotatable bonds is 4. The van der Waals surface area contributed by atoms with Gasteiger partial charge in [0.05, 0.1) is 11.9 Å². The number of pyridine rings is 1. The van der Waals surface area contributed by atoms with Crippen LogP contribution in [0, 0.1) is 0 Å². The second-order valence-electron chi connectivity index (χ2n) is 9.08. The average molecular weight is 497 g/mol. The molecule has 1 saturated carbocycles. The highest BCUT2D eigenvalue weighted by Crippen LogP contribution is 2.46. The number of nitrogens with one attached hydrogen (secondary N) is 1. The highest BCUT2D eigenvalue weighted by molar-refractivity contribution is 7.79. The molecule has 0 bridgehead atoms. The molecule has 0 amide bonds. The zero-order chi connectivity index (χ0) is 24.7. The Kier molecular flexibility index (Phi) is 6.01. The van der Waals surface area contributed by atoms with E-state index >= 15 is 0 Å². The van der Waals surface area contributed by atoms with Gasteiger partial charge in [0, 0.05) is 24.5 Å². The van der Waals surface area contributed by atoms with E-state index in [0.717, 1.165) is 43.3 Å². The Hall–Kier alpha value is -3.38. The molecule has 35 heavy (non-hydrogen) atoms. The number of ether oxygens (including phenoxy) is 1. The van der Waals surface area contributed by atoms with Crippen LogP contribution in [0.1, 0.15) is 52.9 Å². The van der Waals surface area contributed by atoms with Gasteiger partial charge in [-0.25, -0.2) is 15.0 Å². The van der Waals surface area contributed by atoms with Crippen LogP contribution in [0.2, 0.25) is 0 Å². The Labute approximate surface area is 204 Å². The number of esters is 1. The molecule has 1 N–H and O–H groups in total. The Morgan fingerprint density at radius 3 is 2.60 bits per heavy atom. The summed E-state index contributed by atoms with van der Waals surface area (Å²) < 4.78 is 30.0. The number of hydrogen-bond acceptors (Lipinski definition) is 10. The highest BCUT2D eigenvalue weighted by atomic mass is 32.2. The maximum Gasteiger partial charge on any atom is 0.309 e. The van der Waals surface area contributed by atoms with Gasteiger partial charge in [-0.05, 0) is 56.0 Å². The third-order valence-corrected chi connectivity index (χ3v) is 6.94. The lowest BCUT2D eigenvalue weighted by Gasteiger charge is -2.44. The number of anilines is 3. The van der Waals surface area contributed by atoms with Crippen LogP contribution in [-0.2, 0) is 26.2 Å². The zero-order valence-electron chi connectivity index (χ0n) is 19.7. The summed E-state index contributed by atoms with van der Waals surface area (Å²) in [6, 6.07) is 5.05. The first-order valence-electron chi connectivity index (χ1n) is 11.6. The lowest BCUT2D eigenvalue weighted by molar-refractivity contribution is -0.133. The third-order valence-electron chi connectivity index (χ3n) is 6.35. The fraction of sp³-hybridized carbons (Fsp3) is 0.435. The van der Waals surface area contributed by atoms with Gasteiger partial charge in [-0.3, -0.25) is 13.6 Å². The van der Waals surface area contributed by atoms with Gasteiger partial charge in [-0.2, -0.15) is 4.98 Å². The van der Waals surface area contributed by atoms with Gasteiger partial charge in [0.2, 0.25) is 11.8 Å². The Bertz CT molecular complexity index is 1330. The minimum atomic E-state index is -2.40. The van der Waals surface area contributed by atoms with Crippen LogP contribution in [0.5, 0.6) is 0 Å². The molecule has 1 aliphatic heterocycles. The molecule has 1 fully saturated rings. The molecule has 12 heteroatoms. The maximum atomic E-state index is 12.0. The molecule has 3 aromatic heterocycles. The molecule has 4 heterocycles. The Balaban J connectivity index is 1.63. The second-order valence-corrected chi connectivity index (χ2v) is 9.97. The summed E-state index contributed by atoms with van der Waals surface area (Å²) in [6.45, 7) is 5.45. The minimum absolute atomic E-state index is 0.0197. The molecule has 5 rings (SSSR count). The Morgan fingerprint density at radius 1 is 1.20 bits per heavy atom. The summed E-state index contributed by atoms with van der Waals surface area (Å²) in [5, 5.41) is 10.6. The Morgan fingerprint density at radius 2 is 1.97 bits per heavy atom. The van der Waals surface area contributed by atoms with Gasteiger partial charge in [0.15, 0.2) is 0 Å². The normalized spacial score (nSPS) is 17.9. The summed E-state index contributed by atoms with van der Waals surface area (Å²) in [6.07, 6.45) is 7.80. The van der Waals surface area contributed by atoms with Crippen molar-refractivity contribution in [2.24, 2.45) is 5.10 Å². The molecule has 0 aromatic carbocycles. The fourth-order valence-corrected chi connectivity index (χ4v) is 5.17. The molecule has 1 atom stereocenters. The van der Waals surface area contributed by atoms with Crippen molar-refractivity contribution in [3.8, 4) is 0 Å². The molecular formula is C23H26N7O4S-. The summed E-state index contributed by atoms with van der Waals surface area (Å²) >= 11 is -2.40. The largest absolute Gasteiger partial charge is 0.767 e. The van der Waals surface area contributed by atoms with Crippen molar-refractivity contribution in [2.45, 2.75) is 69.5 Å². The van der Waals surface area contributed by atoms with E-state index in [-0.39, 0.29) is 11.1 Å². The molecule has 2 aliphatic rings. The van der Waals surface area contributed by atoms with Crippen molar-refractivity contribution in [1.29, 1.82) is 0 Å². The summed E-state index contributed by atoms with van der Waals surface area (Å²) in [5.41, 5.74) is 0.650. The molecule has 184 valence electrons. The first-order chi connectivity index (χ1) is 16.8. The standard InChI is InChI=1S/C23H27N7O4S/c1-14(2)30-19-11-16-12-25-22(26-17-7-8-18(24-13-17)35(32)33)27-20(16)29(19)23(9-5-4-6-10-23)21(28-30)34-15(3)31/h7-8,11-14H,4-6,9-10H2,1-3H3,(H,32,33)(H,25,26,27)/p-1. The number of nitrogens with zero attached hydrogens (tertiary/aromatic N) is 6. The first-order valence-corrected chi connectivity index (χ1v) is 12.6. The van der Waals surface area contributed by atoms with Crippen molar-refractivity contribution >= 4 is 51.4 Å². The van der Waals surface area contributed by atoms with Gasteiger partial charge >= 0.3 is 5.97 Å². The molecule has 1 unspecified atom stereocenters. The monoisotopic (exact) mass is 496 g/mol. The molecule has 1 aliphatic carbocycles. The van der Waals surface area contributed by atoms with Crippen LogP contribution in [0.25, 0.3) is 11.0 Å². The quantitative estimate of drug-likeness (QED) is 0.424. The van der Waals surface area contributed by atoms with Crippen molar-refractivity contribution in [1.82, 2.24) is 19.5 Å². The third kappa shape index (κ3) is 4.16. The fourth-order valence-electron chi connectivity index (χ4n) is 4.85. The van der Waals surface area contributed by atoms with Crippen LogP contribution in [0.15, 0.2) is 40.7 Å². The smallest absolute Gasteiger partial charge is 0.309 e. The van der Waals surface area contributed by atoms with E-state index in [4.69, 9.17) is 14.8 Å². The molecule has 0 radical (unpaired) electrons. The van der Waals surface area contributed by atoms with Gasteiger partial charge in [0.1, 0.15) is 22.0 Å². The van der Waals surface area contributed by atoms with Crippen LogP contribution in [0.4, 0.5) is 17.5 Å². The molecular weight excluding hydrogens is 470 g/mol. The van der Waals surface area contributed by atoms with E-state index in [0.29, 0.717) is 23.2 Å².